The minimum atomic E-state index is 0.242. The van der Waals surface area contributed by atoms with Gasteiger partial charge in [-0.2, -0.15) is 0 Å². The first kappa shape index (κ1) is 14.2. The number of methoxy groups -OCH3 is 1. The minimum absolute atomic E-state index is 0.242. The molecule has 0 aliphatic carbocycles. The molecule has 0 spiro atoms. The third-order valence-electron chi connectivity index (χ3n) is 2.87. The van der Waals surface area contributed by atoms with Gasteiger partial charge in [-0.15, -0.1) is 0 Å². The van der Waals surface area contributed by atoms with E-state index in [1.807, 2.05) is 7.05 Å². The molecule has 0 bridgehead atoms. The van der Waals surface area contributed by atoms with Crippen LogP contribution in [0.3, 0.4) is 0 Å². The lowest BCUT2D eigenvalue weighted by molar-refractivity contribution is 0.0595. The van der Waals surface area contributed by atoms with Crippen LogP contribution in [-0.2, 0) is 9.47 Å². The molecule has 0 saturated heterocycles. The lowest BCUT2D eigenvalue weighted by atomic mass is 9.99. The van der Waals surface area contributed by atoms with Crippen LogP contribution in [0.15, 0.2) is 18.2 Å². The average Bonchev–Trinajstić information content (AvgIpc) is 2.33. The predicted molar refractivity (Wildman–Crippen MR) is 70.4 cm³/mol. The second-order valence-corrected chi connectivity index (χ2v) is 4.27. The van der Waals surface area contributed by atoms with Gasteiger partial charge in [-0.25, -0.2) is 0 Å². The number of hydrogen-bond donors (Lipinski definition) is 1. The number of aryl methyl sites for hydroxylation is 2. The van der Waals surface area contributed by atoms with Crippen molar-refractivity contribution in [3.63, 3.8) is 0 Å². The van der Waals surface area contributed by atoms with Crippen molar-refractivity contribution in [1.29, 1.82) is 0 Å². The molecule has 96 valence electrons. The average molecular weight is 237 g/mol. The van der Waals surface area contributed by atoms with E-state index in [1.165, 1.54) is 16.7 Å². The second-order valence-electron chi connectivity index (χ2n) is 4.27. The van der Waals surface area contributed by atoms with Gasteiger partial charge in [0, 0.05) is 7.11 Å². The van der Waals surface area contributed by atoms with E-state index in [-0.39, 0.29) is 6.04 Å². The normalized spacial score (nSPS) is 12.7. The van der Waals surface area contributed by atoms with E-state index in [4.69, 9.17) is 9.47 Å². The number of ether oxygens (including phenoxy) is 2. The molecule has 1 aromatic rings. The van der Waals surface area contributed by atoms with E-state index in [1.54, 1.807) is 7.11 Å². The molecular formula is C14H23NO2. The number of hydrogen-bond acceptors (Lipinski definition) is 3. The summed E-state index contributed by atoms with van der Waals surface area (Å²) < 4.78 is 10.5. The van der Waals surface area contributed by atoms with Crippen LogP contribution in [0.25, 0.3) is 0 Å². The zero-order valence-corrected chi connectivity index (χ0v) is 11.2. The topological polar surface area (TPSA) is 30.5 Å². The third kappa shape index (κ3) is 4.46. The van der Waals surface area contributed by atoms with Gasteiger partial charge in [0.2, 0.25) is 0 Å². The summed E-state index contributed by atoms with van der Waals surface area (Å²) in [4.78, 5) is 0. The largest absolute Gasteiger partial charge is 0.382 e. The Morgan fingerprint density at radius 3 is 2.65 bits per heavy atom. The highest BCUT2D eigenvalue weighted by molar-refractivity contribution is 5.33. The molecule has 0 heterocycles. The SMILES string of the molecule is CNC(COCCOC)c1cc(C)ccc1C. The second kappa shape index (κ2) is 7.43. The standard InChI is InChI=1S/C14H23NO2/c1-11-5-6-12(2)13(9-11)14(15-3)10-17-8-7-16-4/h5-6,9,14-15H,7-8,10H2,1-4H3. The quantitative estimate of drug-likeness (QED) is 0.738. The Kier molecular flexibility index (Phi) is 6.19. The fourth-order valence-electron chi connectivity index (χ4n) is 1.81. The van der Waals surface area contributed by atoms with Gasteiger partial charge >= 0.3 is 0 Å². The summed E-state index contributed by atoms with van der Waals surface area (Å²) in [5.74, 6) is 0. The Labute approximate surface area is 104 Å². The first-order valence-corrected chi connectivity index (χ1v) is 6.00. The monoisotopic (exact) mass is 237 g/mol. The molecule has 0 aliphatic heterocycles. The first-order chi connectivity index (χ1) is 8.19. The molecule has 1 aromatic carbocycles. The fourth-order valence-corrected chi connectivity index (χ4v) is 1.81. The highest BCUT2D eigenvalue weighted by Crippen LogP contribution is 2.19. The Hall–Kier alpha value is -0.900. The molecule has 3 heteroatoms. The lowest BCUT2D eigenvalue weighted by Gasteiger charge is -2.19. The molecule has 0 aromatic heterocycles. The van der Waals surface area contributed by atoms with Gasteiger partial charge in [0.25, 0.3) is 0 Å². The van der Waals surface area contributed by atoms with Crippen molar-refractivity contribution >= 4 is 0 Å². The maximum Gasteiger partial charge on any atom is 0.0701 e. The van der Waals surface area contributed by atoms with E-state index < -0.39 is 0 Å². The molecule has 0 radical (unpaired) electrons. The molecule has 0 amide bonds. The van der Waals surface area contributed by atoms with Crippen LogP contribution in [0, 0.1) is 13.8 Å². The van der Waals surface area contributed by atoms with Crippen LogP contribution in [-0.4, -0.2) is 34.0 Å². The number of rotatable bonds is 7. The summed E-state index contributed by atoms with van der Waals surface area (Å²) in [6, 6.07) is 6.75. The first-order valence-electron chi connectivity index (χ1n) is 6.00. The van der Waals surface area contributed by atoms with E-state index >= 15 is 0 Å². The Bertz CT molecular complexity index is 339. The minimum Gasteiger partial charge on any atom is -0.382 e. The molecular weight excluding hydrogens is 214 g/mol. The van der Waals surface area contributed by atoms with Crippen LogP contribution in [0.1, 0.15) is 22.7 Å². The highest BCUT2D eigenvalue weighted by atomic mass is 16.5. The zero-order chi connectivity index (χ0) is 12.7. The van der Waals surface area contributed by atoms with Gasteiger partial charge in [-0.1, -0.05) is 23.8 Å². The van der Waals surface area contributed by atoms with Crippen molar-refractivity contribution in [3.8, 4) is 0 Å². The third-order valence-corrected chi connectivity index (χ3v) is 2.87. The van der Waals surface area contributed by atoms with Crippen LogP contribution in [0.4, 0.5) is 0 Å². The van der Waals surface area contributed by atoms with Crippen molar-refractivity contribution in [3.05, 3.63) is 34.9 Å². The smallest absolute Gasteiger partial charge is 0.0701 e. The number of likely N-dealkylation sites (N-methyl/N-ethyl adjacent to an activating group) is 1. The van der Waals surface area contributed by atoms with Gasteiger partial charge in [-0.3, -0.25) is 0 Å². The van der Waals surface area contributed by atoms with E-state index in [9.17, 15) is 0 Å². The van der Waals surface area contributed by atoms with E-state index in [0.717, 1.165) is 0 Å². The maximum atomic E-state index is 5.59. The van der Waals surface area contributed by atoms with Crippen molar-refractivity contribution in [2.45, 2.75) is 19.9 Å². The lowest BCUT2D eigenvalue weighted by Crippen LogP contribution is -2.23. The molecule has 17 heavy (non-hydrogen) atoms. The summed E-state index contributed by atoms with van der Waals surface area (Å²) in [5, 5.41) is 3.30. The van der Waals surface area contributed by atoms with Gasteiger partial charge < -0.3 is 14.8 Å². The summed E-state index contributed by atoms with van der Waals surface area (Å²) in [7, 11) is 3.65. The van der Waals surface area contributed by atoms with Crippen molar-refractivity contribution in [2.75, 3.05) is 34.0 Å². The number of benzene rings is 1. The summed E-state index contributed by atoms with van der Waals surface area (Å²) in [6.07, 6.45) is 0. The van der Waals surface area contributed by atoms with Gasteiger partial charge in [0.1, 0.15) is 0 Å². The predicted octanol–water partition coefficient (Wildman–Crippen LogP) is 2.23. The molecule has 1 rings (SSSR count). The van der Waals surface area contributed by atoms with Gasteiger partial charge in [0.15, 0.2) is 0 Å². The molecule has 0 saturated carbocycles. The van der Waals surface area contributed by atoms with Crippen LogP contribution >= 0.6 is 0 Å². The van der Waals surface area contributed by atoms with Gasteiger partial charge in [-0.05, 0) is 32.0 Å². The fraction of sp³-hybridized carbons (Fsp3) is 0.571. The highest BCUT2D eigenvalue weighted by Gasteiger charge is 2.11. The Balaban J connectivity index is 2.62. The van der Waals surface area contributed by atoms with Crippen LogP contribution in [0.5, 0.6) is 0 Å². The summed E-state index contributed by atoms with van der Waals surface area (Å²) in [6.45, 7) is 6.20. The Morgan fingerprint density at radius 1 is 1.24 bits per heavy atom. The maximum absolute atomic E-state index is 5.59. The van der Waals surface area contributed by atoms with E-state index in [2.05, 4.69) is 37.4 Å². The summed E-state index contributed by atoms with van der Waals surface area (Å²) in [5.41, 5.74) is 3.89. The van der Waals surface area contributed by atoms with Gasteiger partial charge in [0.05, 0.1) is 25.9 Å². The van der Waals surface area contributed by atoms with Crippen LogP contribution in [0.2, 0.25) is 0 Å². The molecule has 3 nitrogen and oxygen atoms in total. The molecule has 1 atom stereocenters. The molecule has 1 unspecified atom stereocenters. The van der Waals surface area contributed by atoms with E-state index in [0.29, 0.717) is 19.8 Å². The Morgan fingerprint density at radius 2 is 2.00 bits per heavy atom. The zero-order valence-electron chi connectivity index (χ0n) is 11.2. The molecule has 0 fully saturated rings. The molecule has 0 aliphatic rings. The number of nitrogens with one attached hydrogen (secondary N) is 1. The summed E-state index contributed by atoms with van der Waals surface area (Å²) >= 11 is 0. The van der Waals surface area contributed by atoms with Crippen LogP contribution < -0.4 is 5.32 Å². The van der Waals surface area contributed by atoms with Crippen molar-refractivity contribution in [1.82, 2.24) is 5.32 Å². The van der Waals surface area contributed by atoms with Crippen molar-refractivity contribution < 1.29 is 9.47 Å². The van der Waals surface area contributed by atoms with Crippen molar-refractivity contribution in [2.24, 2.45) is 0 Å². The molecule has 1 N–H and O–H groups in total.